The molecule has 0 aliphatic carbocycles. The molecule has 196 valence electrons. The standard InChI is InChI=1S/C33H52O2/c1-22(2)26-18-24(20-28(30(26)34)32(5,6)7)16-14-12-11-13-15-17-25-19-27(23(3)4)31(35)29(21-25)33(8,9)10/h18-23,34-35H,11-17H2,1-10H3. The molecule has 0 aromatic heterocycles. The van der Waals surface area contributed by atoms with Gasteiger partial charge in [-0.25, -0.2) is 0 Å². The molecule has 0 aliphatic heterocycles. The highest BCUT2D eigenvalue weighted by Gasteiger charge is 2.23. The second kappa shape index (κ2) is 11.8. The highest BCUT2D eigenvalue weighted by atomic mass is 16.3. The van der Waals surface area contributed by atoms with Gasteiger partial charge in [0.25, 0.3) is 0 Å². The van der Waals surface area contributed by atoms with Crippen molar-refractivity contribution in [2.45, 2.75) is 137 Å². The van der Waals surface area contributed by atoms with Gasteiger partial charge in [0.15, 0.2) is 0 Å². The van der Waals surface area contributed by atoms with Crippen molar-refractivity contribution in [2.75, 3.05) is 0 Å². The van der Waals surface area contributed by atoms with Gasteiger partial charge in [0, 0.05) is 0 Å². The minimum atomic E-state index is -0.0553. The Hall–Kier alpha value is -1.96. The molecule has 0 atom stereocenters. The highest BCUT2D eigenvalue weighted by molar-refractivity contribution is 5.49. The Balaban J connectivity index is 1.92. The van der Waals surface area contributed by atoms with Crippen LogP contribution in [0.25, 0.3) is 0 Å². The Labute approximate surface area is 216 Å². The highest BCUT2D eigenvalue weighted by Crippen LogP contribution is 2.39. The van der Waals surface area contributed by atoms with E-state index in [1.54, 1.807) is 0 Å². The number of unbranched alkanes of at least 4 members (excludes halogenated alkanes) is 4. The van der Waals surface area contributed by atoms with Crippen LogP contribution >= 0.6 is 0 Å². The predicted octanol–water partition coefficient (Wildman–Crippen LogP) is 9.68. The number of phenolic OH excluding ortho intramolecular Hbond substituents is 2. The van der Waals surface area contributed by atoms with Crippen molar-refractivity contribution in [2.24, 2.45) is 0 Å². The molecule has 35 heavy (non-hydrogen) atoms. The summed E-state index contributed by atoms with van der Waals surface area (Å²) in [6.45, 7) is 21.7. The SMILES string of the molecule is CC(C)c1cc(CCCCCCCc2cc(C(C)C)c(O)c(C(C)(C)C)c2)cc(C(C)(C)C)c1O. The van der Waals surface area contributed by atoms with Crippen molar-refractivity contribution < 1.29 is 10.2 Å². The van der Waals surface area contributed by atoms with E-state index in [0.717, 1.165) is 35.1 Å². The molecule has 0 saturated heterocycles. The fourth-order valence-electron chi connectivity index (χ4n) is 4.94. The van der Waals surface area contributed by atoms with E-state index in [9.17, 15) is 10.2 Å². The van der Waals surface area contributed by atoms with Gasteiger partial charge in [0.2, 0.25) is 0 Å². The topological polar surface area (TPSA) is 40.5 Å². The van der Waals surface area contributed by atoms with Crippen LogP contribution in [0.2, 0.25) is 0 Å². The van der Waals surface area contributed by atoms with Crippen LogP contribution in [-0.2, 0) is 23.7 Å². The van der Waals surface area contributed by atoms with E-state index >= 15 is 0 Å². The van der Waals surface area contributed by atoms with Crippen molar-refractivity contribution in [3.63, 3.8) is 0 Å². The molecule has 2 aromatic rings. The van der Waals surface area contributed by atoms with Crippen molar-refractivity contribution in [1.29, 1.82) is 0 Å². The molecule has 2 N–H and O–H groups in total. The predicted molar refractivity (Wildman–Crippen MR) is 152 cm³/mol. The van der Waals surface area contributed by atoms with Crippen LogP contribution in [0.4, 0.5) is 0 Å². The number of benzene rings is 2. The molecule has 0 heterocycles. The molecule has 0 radical (unpaired) electrons. The van der Waals surface area contributed by atoms with Gasteiger partial charge < -0.3 is 10.2 Å². The maximum atomic E-state index is 10.8. The number of aromatic hydroxyl groups is 2. The lowest BCUT2D eigenvalue weighted by molar-refractivity contribution is 0.436. The monoisotopic (exact) mass is 480 g/mol. The second-order valence-corrected chi connectivity index (χ2v) is 13.2. The van der Waals surface area contributed by atoms with Gasteiger partial charge in [-0.3, -0.25) is 0 Å². The molecule has 0 amide bonds. The van der Waals surface area contributed by atoms with Crippen LogP contribution in [-0.4, -0.2) is 10.2 Å². The molecule has 0 fully saturated rings. The van der Waals surface area contributed by atoms with Crippen LogP contribution < -0.4 is 0 Å². The zero-order valence-electron chi connectivity index (χ0n) is 24.3. The number of phenols is 2. The van der Waals surface area contributed by atoms with Gasteiger partial charge in [-0.15, -0.1) is 0 Å². The maximum absolute atomic E-state index is 10.8. The lowest BCUT2D eigenvalue weighted by Crippen LogP contribution is -2.13. The first kappa shape index (κ1) is 29.3. The summed E-state index contributed by atoms with van der Waals surface area (Å²) in [7, 11) is 0. The van der Waals surface area contributed by atoms with Crippen LogP contribution in [0.3, 0.4) is 0 Å². The third-order valence-electron chi connectivity index (χ3n) is 7.19. The number of hydrogen-bond acceptors (Lipinski definition) is 2. The Morgan fingerprint density at radius 1 is 0.543 bits per heavy atom. The van der Waals surface area contributed by atoms with Gasteiger partial charge in [0.05, 0.1) is 0 Å². The number of rotatable bonds is 10. The molecular formula is C33H52O2. The zero-order valence-corrected chi connectivity index (χ0v) is 24.3. The first-order valence-corrected chi connectivity index (χ1v) is 13.9. The summed E-state index contributed by atoms with van der Waals surface area (Å²) < 4.78 is 0. The van der Waals surface area contributed by atoms with Crippen LogP contribution in [0, 0.1) is 0 Å². The summed E-state index contributed by atoms with van der Waals surface area (Å²) >= 11 is 0. The molecule has 2 heteroatoms. The average molecular weight is 481 g/mol. The van der Waals surface area contributed by atoms with Gasteiger partial charge in [-0.05, 0) is 81.7 Å². The summed E-state index contributed by atoms with van der Waals surface area (Å²) in [5.74, 6) is 1.62. The fraction of sp³-hybridized carbons (Fsp3) is 0.636. The second-order valence-electron chi connectivity index (χ2n) is 13.2. The van der Waals surface area contributed by atoms with Crippen LogP contribution in [0.5, 0.6) is 11.5 Å². The number of aryl methyl sites for hydroxylation is 2. The molecule has 0 saturated carbocycles. The minimum absolute atomic E-state index is 0.0553. The molecule has 2 nitrogen and oxygen atoms in total. The normalized spacial score (nSPS) is 12.7. The third-order valence-corrected chi connectivity index (χ3v) is 7.19. The Kier molecular flexibility index (Phi) is 9.91. The average Bonchev–Trinajstić information content (AvgIpc) is 2.72. The van der Waals surface area contributed by atoms with E-state index in [2.05, 4.69) is 93.5 Å². The molecule has 0 bridgehead atoms. The van der Waals surface area contributed by atoms with E-state index in [-0.39, 0.29) is 10.8 Å². The van der Waals surface area contributed by atoms with Gasteiger partial charge >= 0.3 is 0 Å². The lowest BCUT2D eigenvalue weighted by atomic mass is 9.82. The largest absolute Gasteiger partial charge is 0.507 e. The number of hydrogen-bond donors (Lipinski definition) is 2. The van der Waals surface area contributed by atoms with Crippen molar-refractivity contribution in [1.82, 2.24) is 0 Å². The van der Waals surface area contributed by atoms with E-state index < -0.39 is 0 Å². The molecular weight excluding hydrogens is 428 g/mol. The Bertz CT molecular complexity index is 889. The summed E-state index contributed by atoms with van der Waals surface area (Å²) in [6.07, 6.45) is 8.27. The minimum Gasteiger partial charge on any atom is -0.507 e. The summed E-state index contributed by atoms with van der Waals surface area (Å²) in [4.78, 5) is 0. The van der Waals surface area contributed by atoms with Crippen LogP contribution in [0.15, 0.2) is 24.3 Å². The van der Waals surface area contributed by atoms with Crippen molar-refractivity contribution >= 4 is 0 Å². The molecule has 0 spiro atoms. The summed E-state index contributed by atoms with van der Waals surface area (Å²) in [5, 5.41) is 21.6. The lowest BCUT2D eigenvalue weighted by Gasteiger charge is -2.24. The van der Waals surface area contributed by atoms with E-state index in [1.165, 1.54) is 43.2 Å². The van der Waals surface area contributed by atoms with Crippen molar-refractivity contribution in [3.8, 4) is 11.5 Å². The fourth-order valence-corrected chi connectivity index (χ4v) is 4.94. The van der Waals surface area contributed by atoms with Gasteiger partial charge in [0.1, 0.15) is 11.5 Å². The Morgan fingerprint density at radius 2 is 0.857 bits per heavy atom. The quantitative estimate of drug-likeness (QED) is 0.332. The van der Waals surface area contributed by atoms with Gasteiger partial charge in [-0.2, -0.15) is 0 Å². The molecule has 2 rings (SSSR count). The summed E-state index contributed by atoms with van der Waals surface area (Å²) in [6, 6.07) is 8.90. The van der Waals surface area contributed by atoms with Crippen LogP contribution in [0.1, 0.15) is 147 Å². The third kappa shape index (κ3) is 8.02. The van der Waals surface area contributed by atoms with Crippen molar-refractivity contribution in [3.05, 3.63) is 57.6 Å². The molecule has 0 unspecified atom stereocenters. The van der Waals surface area contributed by atoms with E-state index in [4.69, 9.17) is 0 Å². The zero-order chi connectivity index (χ0) is 26.6. The molecule has 2 aromatic carbocycles. The summed E-state index contributed by atoms with van der Waals surface area (Å²) in [5.41, 5.74) is 6.91. The smallest absolute Gasteiger partial charge is 0.122 e. The molecule has 0 aliphatic rings. The van der Waals surface area contributed by atoms with Gasteiger partial charge in [-0.1, -0.05) is 113 Å². The first-order valence-electron chi connectivity index (χ1n) is 13.9. The Morgan fingerprint density at radius 3 is 1.14 bits per heavy atom. The van der Waals surface area contributed by atoms with E-state index in [0.29, 0.717) is 23.3 Å². The maximum Gasteiger partial charge on any atom is 0.122 e. The first-order chi connectivity index (χ1) is 16.1. The van der Waals surface area contributed by atoms with E-state index in [1.807, 2.05) is 0 Å².